The van der Waals surface area contributed by atoms with Gasteiger partial charge in [0.1, 0.15) is 28.7 Å². The van der Waals surface area contributed by atoms with E-state index in [0.717, 1.165) is 11.3 Å². The van der Waals surface area contributed by atoms with E-state index in [0.29, 0.717) is 35.0 Å². The zero-order valence-electron chi connectivity index (χ0n) is 16.9. The summed E-state index contributed by atoms with van der Waals surface area (Å²) in [5.74, 6) is 0.283. The lowest BCUT2D eigenvalue weighted by atomic mass is 10.0. The highest BCUT2D eigenvalue weighted by Crippen LogP contribution is 2.33. The molecule has 11 heteroatoms. The van der Waals surface area contributed by atoms with Gasteiger partial charge in [-0.05, 0) is 26.7 Å². The molecule has 3 aromatic rings. The van der Waals surface area contributed by atoms with Crippen molar-refractivity contribution in [2.45, 2.75) is 45.0 Å². The molecule has 9 nitrogen and oxygen atoms in total. The Morgan fingerprint density at radius 3 is 2.93 bits per heavy atom. The normalized spacial score (nSPS) is 22.1. The minimum atomic E-state index is -1.21. The lowest BCUT2D eigenvalue weighted by Gasteiger charge is -2.17. The van der Waals surface area contributed by atoms with E-state index in [4.69, 9.17) is 15.0 Å². The summed E-state index contributed by atoms with van der Waals surface area (Å²) in [5, 5.41) is 13.4. The molecule has 0 spiro atoms. The molecule has 0 saturated carbocycles. The number of nitrogens with one attached hydrogen (secondary N) is 1. The number of rotatable bonds is 4. The maximum atomic E-state index is 13.9. The summed E-state index contributed by atoms with van der Waals surface area (Å²) in [4.78, 5) is 17.3. The highest BCUT2D eigenvalue weighted by atomic mass is 32.1. The number of anilines is 1. The minimum Gasteiger partial charge on any atom is -0.369 e. The summed E-state index contributed by atoms with van der Waals surface area (Å²) in [6.07, 6.45) is 0.955. The average Bonchev–Trinajstić information content (AvgIpc) is 3.39. The second-order valence-corrected chi connectivity index (χ2v) is 8.20. The lowest BCUT2D eigenvalue weighted by molar-refractivity contribution is 0.0247. The number of thiazole rings is 1. The van der Waals surface area contributed by atoms with Gasteiger partial charge in [0.05, 0.1) is 35.4 Å². The molecule has 4 rings (SSSR count). The first-order valence-electron chi connectivity index (χ1n) is 9.58. The van der Waals surface area contributed by atoms with Crippen LogP contribution in [0.5, 0.6) is 0 Å². The topological polar surface area (TPSA) is 121 Å². The number of ether oxygens (including phenoxy) is 1. The van der Waals surface area contributed by atoms with Crippen LogP contribution in [-0.4, -0.2) is 44.6 Å². The van der Waals surface area contributed by atoms with Gasteiger partial charge in [-0.1, -0.05) is 5.16 Å². The SMILES string of the molecule is Cc1noc(C)c1-c1nc(C(=O)Nc2cnn(C)c2[C@@H]2CC[C@@H](N)[C@H](F)CO2)cs1. The largest absolute Gasteiger partial charge is 0.369 e. The maximum Gasteiger partial charge on any atom is 0.275 e. The Balaban J connectivity index is 1.54. The third-order valence-corrected chi connectivity index (χ3v) is 6.07. The number of hydrogen-bond acceptors (Lipinski definition) is 8. The van der Waals surface area contributed by atoms with Crippen molar-refractivity contribution >= 4 is 22.9 Å². The summed E-state index contributed by atoms with van der Waals surface area (Å²) in [5.41, 5.74) is 8.79. The average molecular weight is 434 g/mol. The van der Waals surface area contributed by atoms with E-state index in [1.165, 1.54) is 11.3 Å². The van der Waals surface area contributed by atoms with Gasteiger partial charge in [-0.2, -0.15) is 5.10 Å². The molecule has 1 fully saturated rings. The molecule has 1 amide bonds. The van der Waals surface area contributed by atoms with E-state index in [1.807, 2.05) is 6.92 Å². The van der Waals surface area contributed by atoms with Gasteiger partial charge in [0.15, 0.2) is 0 Å². The van der Waals surface area contributed by atoms with Crippen LogP contribution in [0.3, 0.4) is 0 Å². The Hall–Kier alpha value is -2.63. The third kappa shape index (κ3) is 3.87. The van der Waals surface area contributed by atoms with Gasteiger partial charge in [0.2, 0.25) is 0 Å². The van der Waals surface area contributed by atoms with E-state index >= 15 is 0 Å². The number of aryl methyl sites for hydroxylation is 3. The van der Waals surface area contributed by atoms with Crippen LogP contribution in [0.1, 0.15) is 46.6 Å². The first kappa shape index (κ1) is 20.6. The first-order chi connectivity index (χ1) is 14.3. The molecule has 4 heterocycles. The van der Waals surface area contributed by atoms with Crippen LogP contribution in [0.4, 0.5) is 10.1 Å². The van der Waals surface area contributed by atoms with E-state index in [-0.39, 0.29) is 18.2 Å². The molecule has 0 radical (unpaired) electrons. The Morgan fingerprint density at radius 2 is 2.20 bits per heavy atom. The predicted octanol–water partition coefficient (Wildman–Crippen LogP) is 2.92. The van der Waals surface area contributed by atoms with Crippen molar-refractivity contribution in [2.24, 2.45) is 12.8 Å². The van der Waals surface area contributed by atoms with Crippen LogP contribution in [0, 0.1) is 13.8 Å². The van der Waals surface area contributed by atoms with Crippen LogP contribution < -0.4 is 11.1 Å². The van der Waals surface area contributed by atoms with Crippen LogP contribution in [0.15, 0.2) is 16.1 Å². The number of aromatic nitrogens is 4. The summed E-state index contributed by atoms with van der Waals surface area (Å²) in [7, 11) is 1.75. The molecular weight excluding hydrogens is 411 g/mol. The Labute approximate surface area is 176 Å². The standard InChI is InChI=1S/C19H23FN6O3S/c1-9-16(10(2)29-25-9)19-24-14(8-30-19)18(27)23-13-6-22-26(3)17(13)15-5-4-12(21)11(20)7-28-15/h6,8,11-12,15H,4-5,7,21H2,1-3H3,(H,23,27)/t11-,12-,15+/m1/s1. The van der Waals surface area contributed by atoms with Crippen molar-refractivity contribution in [2.75, 3.05) is 11.9 Å². The Bertz CT molecular complexity index is 1030. The molecule has 3 atom stereocenters. The van der Waals surface area contributed by atoms with Crippen LogP contribution in [-0.2, 0) is 11.8 Å². The number of alkyl halides is 1. The fraction of sp³-hybridized carbons (Fsp3) is 0.474. The van der Waals surface area contributed by atoms with Crippen molar-refractivity contribution in [3.63, 3.8) is 0 Å². The molecule has 1 aliphatic heterocycles. The number of nitrogens with two attached hydrogens (primary N) is 1. The van der Waals surface area contributed by atoms with Crippen LogP contribution in [0.25, 0.3) is 10.6 Å². The van der Waals surface area contributed by atoms with E-state index in [1.54, 1.807) is 30.2 Å². The predicted molar refractivity (Wildman–Crippen MR) is 109 cm³/mol. The van der Waals surface area contributed by atoms with Crippen molar-refractivity contribution < 1.29 is 18.4 Å². The minimum absolute atomic E-state index is 0.0860. The zero-order chi connectivity index (χ0) is 21.4. The van der Waals surface area contributed by atoms with Gasteiger partial charge in [0.25, 0.3) is 5.91 Å². The fourth-order valence-electron chi connectivity index (χ4n) is 3.55. The monoisotopic (exact) mass is 434 g/mol. The number of halogens is 1. The maximum absolute atomic E-state index is 13.9. The molecule has 0 aromatic carbocycles. The summed E-state index contributed by atoms with van der Waals surface area (Å²) >= 11 is 1.34. The first-order valence-corrected chi connectivity index (χ1v) is 10.5. The van der Waals surface area contributed by atoms with Crippen LogP contribution in [0.2, 0.25) is 0 Å². The number of nitrogens with zero attached hydrogens (tertiary/aromatic N) is 4. The molecule has 0 aliphatic carbocycles. The summed E-state index contributed by atoms with van der Waals surface area (Å²) in [6, 6.07) is -0.556. The molecule has 1 aliphatic rings. The molecular formula is C19H23FN6O3S. The van der Waals surface area contributed by atoms with Gasteiger partial charge >= 0.3 is 0 Å². The number of carbonyl (C=O) groups excluding carboxylic acids is 1. The molecule has 0 bridgehead atoms. The molecule has 3 N–H and O–H groups in total. The van der Waals surface area contributed by atoms with Crippen molar-refractivity contribution in [1.82, 2.24) is 19.9 Å². The summed E-state index contributed by atoms with van der Waals surface area (Å²) in [6.45, 7) is 3.55. The van der Waals surface area contributed by atoms with Gasteiger partial charge < -0.3 is 20.3 Å². The van der Waals surface area contributed by atoms with Crippen LogP contribution >= 0.6 is 11.3 Å². The second kappa shape index (κ2) is 8.25. The van der Waals surface area contributed by atoms with Gasteiger partial charge in [-0.25, -0.2) is 9.37 Å². The third-order valence-electron chi connectivity index (χ3n) is 5.21. The van der Waals surface area contributed by atoms with E-state index in [2.05, 4.69) is 20.6 Å². The molecule has 30 heavy (non-hydrogen) atoms. The lowest BCUT2D eigenvalue weighted by Crippen LogP contribution is -2.32. The molecule has 160 valence electrons. The highest BCUT2D eigenvalue weighted by Gasteiger charge is 2.30. The fourth-order valence-corrected chi connectivity index (χ4v) is 4.49. The second-order valence-electron chi connectivity index (χ2n) is 7.34. The number of carbonyl (C=O) groups is 1. The molecule has 1 saturated heterocycles. The zero-order valence-corrected chi connectivity index (χ0v) is 17.7. The number of hydrogen-bond donors (Lipinski definition) is 2. The smallest absolute Gasteiger partial charge is 0.275 e. The van der Waals surface area contributed by atoms with Crippen molar-refractivity contribution in [1.29, 1.82) is 0 Å². The van der Waals surface area contributed by atoms with Gasteiger partial charge in [0, 0.05) is 18.5 Å². The van der Waals surface area contributed by atoms with Crippen molar-refractivity contribution in [3.8, 4) is 10.6 Å². The van der Waals surface area contributed by atoms with E-state index < -0.39 is 18.3 Å². The van der Waals surface area contributed by atoms with Gasteiger partial charge in [-0.15, -0.1) is 11.3 Å². The Kier molecular flexibility index (Phi) is 5.67. The van der Waals surface area contributed by atoms with E-state index in [9.17, 15) is 9.18 Å². The number of amides is 1. The molecule has 3 aromatic heterocycles. The molecule has 0 unspecified atom stereocenters. The highest BCUT2D eigenvalue weighted by molar-refractivity contribution is 7.13. The quantitative estimate of drug-likeness (QED) is 0.647. The van der Waals surface area contributed by atoms with Crippen molar-refractivity contribution in [3.05, 3.63) is 34.4 Å². The summed E-state index contributed by atoms with van der Waals surface area (Å²) < 4.78 is 26.4. The Morgan fingerprint density at radius 1 is 1.40 bits per heavy atom. The van der Waals surface area contributed by atoms with Gasteiger partial charge in [-0.3, -0.25) is 9.48 Å².